The first-order valence-electron chi connectivity index (χ1n) is 6.97. The lowest BCUT2D eigenvalue weighted by Gasteiger charge is -2.14. The maximum atomic E-state index is 11.3. The Balaban J connectivity index is 1.92. The Morgan fingerprint density at radius 2 is 2.10 bits per heavy atom. The fourth-order valence-electron chi connectivity index (χ4n) is 2.04. The molecule has 0 fully saturated rings. The number of benzene rings is 1. The number of carbonyl (C=O) groups excluding carboxylic acids is 1. The third-order valence-electron chi connectivity index (χ3n) is 3.08. The third kappa shape index (κ3) is 3.95. The van der Waals surface area contributed by atoms with Crippen LogP contribution in [0.3, 0.4) is 0 Å². The summed E-state index contributed by atoms with van der Waals surface area (Å²) in [4.78, 5) is 15.9. The number of fused-ring (bicyclic) bond motifs is 1. The molecule has 0 bridgehead atoms. The van der Waals surface area contributed by atoms with Gasteiger partial charge in [-0.1, -0.05) is 18.2 Å². The first-order valence-corrected chi connectivity index (χ1v) is 6.97. The minimum absolute atomic E-state index is 0.146. The van der Waals surface area contributed by atoms with Crippen LogP contribution in [0.2, 0.25) is 0 Å². The van der Waals surface area contributed by atoms with Crippen molar-refractivity contribution in [2.45, 2.75) is 32.7 Å². The van der Waals surface area contributed by atoms with E-state index in [1.165, 1.54) is 0 Å². The average Bonchev–Trinajstić information content (AvgIpc) is 2.45. The van der Waals surface area contributed by atoms with Crippen molar-refractivity contribution in [3.63, 3.8) is 0 Å². The van der Waals surface area contributed by atoms with E-state index >= 15 is 0 Å². The highest BCUT2D eigenvalue weighted by Gasteiger charge is 2.08. The number of carbonyl (C=O) groups is 1. The van der Waals surface area contributed by atoms with Crippen LogP contribution in [0.5, 0.6) is 0 Å². The highest BCUT2D eigenvalue weighted by Crippen LogP contribution is 2.15. The molecule has 106 valence electrons. The molecule has 1 unspecified atom stereocenters. The number of rotatable bonds is 6. The molecule has 1 N–H and O–H groups in total. The second-order valence-electron chi connectivity index (χ2n) is 4.78. The number of anilines is 1. The first kappa shape index (κ1) is 14.3. The monoisotopic (exact) mass is 272 g/mol. The third-order valence-corrected chi connectivity index (χ3v) is 3.08. The van der Waals surface area contributed by atoms with Gasteiger partial charge in [-0.05, 0) is 38.5 Å². The molecular formula is C16H20N2O2. The van der Waals surface area contributed by atoms with Gasteiger partial charge in [0.05, 0.1) is 12.1 Å². The van der Waals surface area contributed by atoms with Gasteiger partial charge >= 0.3 is 5.97 Å². The lowest BCUT2D eigenvalue weighted by atomic mass is 10.2. The first-order chi connectivity index (χ1) is 9.69. The summed E-state index contributed by atoms with van der Waals surface area (Å²) in [6.07, 6.45) is 1.16. The molecule has 0 amide bonds. The Morgan fingerprint density at radius 3 is 2.90 bits per heavy atom. The Morgan fingerprint density at radius 1 is 1.30 bits per heavy atom. The molecule has 1 heterocycles. The molecule has 0 saturated heterocycles. The van der Waals surface area contributed by atoms with Crippen molar-refractivity contribution in [3.8, 4) is 0 Å². The number of esters is 1. The smallest absolute Gasteiger partial charge is 0.305 e. The van der Waals surface area contributed by atoms with Crippen LogP contribution < -0.4 is 5.32 Å². The van der Waals surface area contributed by atoms with Gasteiger partial charge in [0.1, 0.15) is 5.82 Å². The van der Waals surface area contributed by atoms with Crippen molar-refractivity contribution in [2.24, 2.45) is 0 Å². The van der Waals surface area contributed by atoms with Gasteiger partial charge in [-0.3, -0.25) is 4.79 Å². The van der Waals surface area contributed by atoms with E-state index in [4.69, 9.17) is 4.74 Å². The van der Waals surface area contributed by atoms with Gasteiger partial charge in [0, 0.05) is 17.8 Å². The summed E-state index contributed by atoms with van der Waals surface area (Å²) in [5, 5.41) is 4.44. The SMILES string of the molecule is CCOC(=O)CCC(C)Nc1ccc2ccccc2n1. The molecule has 0 aliphatic rings. The van der Waals surface area contributed by atoms with Crippen molar-refractivity contribution in [1.82, 2.24) is 4.98 Å². The molecular weight excluding hydrogens is 252 g/mol. The molecule has 1 atom stereocenters. The molecule has 0 aliphatic carbocycles. The van der Waals surface area contributed by atoms with Crippen LogP contribution in [0.25, 0.3) is 10.9 Å². The van der Waals surface area contributed by atoms with Crippen LogP contribution in [0.4, 0.5) is 5.82 Å². The zero-order chi connectivity index (χ0) is 14.4. The molecule has 0 saturated carbocycles. The van der Waals surface area contributed by atoms with Crippen LogP contribution in [0.1, 0.15) is 26.7 Å². The Bertz CT molecular complexity index is 583. The van der Waals surface area contributed by atoms with Gasteiger partial charge in [0.25, 0.3) is 0 Å². The van der Waals surface area contributed by atoms with Crippen LogP contribution in [0, 0.1) is 0 Å². The highest BCUT2D eigenvalue weighted by atomic mass is 16.5. The summed E-state index contributed by atoms with van der Waals surface area (Å²) in [7, 11) is 0. The topological polar surface area (TPSA) is 51.2 Å². The van der Waals surface area contributed by atoms with Crippen LogP contribution in [-0.4, -0.2) is 23.6 Å². The van der Waals surface area contributed by atoms with Gasteiger partial charge in [-0.25, -0.2) is 4.98 Å². The molecule has 2 rings (SSSR count). The number of ether oxygens (including phenoxy) is 1. The van der Waals surface area contributed by atoms with Gasteiger partial charge in [-0.15, -0.1) is 0 Å². The minimum atomic E-state index is -0.146. The van der Waals surface area contributed by atoms with E-state index in [9.17, 15) is 4.79 Å². The summed E-state index contributed by atoms with van der Waals surface area (Å²) in [5.41, 5.74) is 0.968. The number of hydrogen-bond donors (Lipinski definition) is 1. The number of hydrogen-bond acceptors (Lipinski definition) is 4. The average molecular weight is 272 g/mol. The number of pyridine rings is 1. The quantitative estimate of drug-likeness (QED) is 0.819. The molecule has 4 nitrogen and oxygen atoms in total. The fourth-order valence-corrected chi connectivity index (χ4v) is 2.04. The molecule has 2 aromatic rings. The van der Waals surface area contributed by atoms with Gasteiger partial charge in [-0.2, -0.15) is 0 Å². The highest BCUT2D eigenvalue weighted by molar-refractivity contribution is 5.80. The lowest BCUT2D eigenvalue weighted by molar-refractivity contribution is -0.143. The second kappa shape index (κ2) is 6.89. The Kier molecular flexibility index (Phi) is 4.93. The summed E-state index contributed by atoms with van der Waals surface area (Å²) >= 11 is 0. The molecule has 1 aromatic heterocycles. The minimum Gasteiger partial charge on any atom is -0.466 e. The molecule has 20 heavy (non-hydrogen) atoms. The number of para-hydroxylation sites is 1. The predicted octanol–water partition coefficient (Wildman–Crippen LogP) is 3.38. The summed E-state index contributed by atoms with van der Waals surface area (Å²) in [6.45, 7) is 4.29. The summed E-state index contributed by atoms with van der Waals surface area (Å²) < 4.78 is 4.92. The van der Waals surface area contributed by atoms with Gasteiger partial charge < -0.3 is 10.1 Å². The van der Waals surface area contributed by atoms with E-state index in [0.29, 0.717) is 13.0 Å². The van der Waals surface area contributed by atoms with E-state index in [2.05, 4.69) is 10.3 Å². The zero-order valence-electron chi connectivity index (χ0n) is 11.9. The molecule has 0 radical (unpaired) electrons. The van der Waals surface area contributed by atoms with Crippen LogP contribution in [0.15, 0.2) is 36.4 Å². The van der Waals surface area contributed by atoms with E-state index in [1.807, 2.05) is 50.2 Å². The largest absolute Gasteiger partial charge is 0.466 e. The van der Waals surface area contributed by atoms with E-state index < -0.39 is 0 Å². The van der Waals surface area contributed by atoms with Gasteiger partial charge in [0.2, 0.25) is 0 Å². The van der Waals surface area contributed by atoms with E-state index in [1.54, 1.807) is 0 Å². The van der Waals surface area contributed by atoms with Gasteiger partial charge in [0.15, 0.2) is 0 Å². The van der Waals surface area contributed by atoms with E-state index in [0.717, 1.165) is 23.1 Å². The second-order valence-corrected chi connectivity index (χ2v) is 4.78. The van der Waals surface area contributed by atoms with Crippen molar-refractivity contribution in [1.29, 1.82) is 0 Å². The zero-order valence-corrected chi connectivity index (χ0v) is 11.9. The molecule has 1 aromatic carbocycles. The number of aromatic nitrogens is 1. The van der Waals surface area contributed by atoms with Crippen molar-refractivity contribution in [3.05, 3.63) is 36.4 Å². The summed E-state index contributed by atoms with van der Waals surface area (Å²) in [5.74, 6) is 0.688. The Hall–Kier alpha value is -2.10. The standard InChI is InChI=1S/C16H20N2O2/c1-3-20-16(19)11-8-12(2)17-15-10-9-13-6-4-5-7-14(13)18-15/h4-7,9-10,12H,3,8,11H2,1-2H3,(H,17,18). The van der Waals surface area contributed by atoms with Crippen molar-refractivity contribution < 1.29 is 9.53 Å². The maximum Gasteiger partial charge on any atom is 0.305 e. The normalized spacial score (nSPS) is 12.1. The maximum absolute atomic E-state index is 11.3. The van der Waals surface area contributed by atoms with Crippen LogP contribution >= 0.6 is 0 Å². The fraction of sp³-hybridized carbons (Fsp3) is 0.375. The number of nitrogens with one attached hydrogen (secondary N) is 1. The number of nitrogens with zero attached hydrogens (tertiary/aromatic N) is 1. The molecule has 0 spiro atoms. The van der Waals surface area contributed by atoms with E-state index in [-0.39, 0.29) is 12.0 Å². The predicted molar refractivity (Wildman–Crippen MR) is 80.7 cm³/mol. The Labute approximate surface area is 119 Å². The van der Waals surface area contributed by atoms with Crippen LogP contribution in [-0.2, 0) is 9.53 Å². The summed E-state index contributed by atoms with van der Waals surface area (Å²) in [6, 6.07) is 12.2. The lowest BCUT2D eigenvalue weighted by Crippen LogP contribution is -2.18. The van der Waals surface area contributed by atoms with Crippen molar-refractivity contribution >= 4 is 22.7 Å². The molecule has 0 aliphatic heterocycles. The van der Waals surface area contributed by atoms with Crippen molar-refractivity contribution in [2.75, 3.05) is 11.9 Å². The molecule has 4 heteroatoms.